The van der Waals surface area contributed by atoms with E-state index in [1.807, 2.05) is 0 Å². The molecule has 1 heterocycles. The Hall–Kier alpha value is -1.14. The van der Waals surface area contributed by atoms with E-state index in [1.54, 1.807) is 37.3 Å². The van der Waals surface area contributed by atoms with Gasteiger partial charge in [0.15, 0.2) is 0 Å². The fourth-order valence-electron chi connectivity index (χ4n) is 1.36. The molecule has 5 nitrogen and oxygen atoms in total. The van der Waals surface area contributed by atoms with E-state index in [1.165, 1.54) is 0 Å². The first kappa shape index (κ1) is 13.9. The van der Waals surface area contributed by atoms with Crippen LogP contribution < -0.4 is 5.73 Å². The van der Waals surface area contributed by atoms with Gasteiger partial charge in [0.25, 0.3) is 0 Å². The Balaban J connectivity index is 2.31. The molecular formula is C11H17N3O2S. The maximum absolute atomic E-state index is 11.0. The van der Waals surface area contributed by atoms with Crippen molar-refractivity contribution in [2.75, 3.05) is 5.75 Å². The van der Waals surface area contributed by atoms with Gasteiger partial charge in [-0.15, -0.1) is 11.8 Å². The summed E-state index contributed by atoms with van der Waals surface area (Å²) in [6.07, 6.45) is 6.62. The number of carboxylic acids is 1. The van der Waals surface area contributed by atoms with E-state index >= 15 is 0 Å². The minimum absolute atomic E-state index is 0.443. The molecule has 0 bridgehead atoms. The summed E-state index contributed by atoms with van der Waals surface area (Å²) in [5.74, 6) is -0.130. The lowest BCUT2D eigenvalue weighted by Gasteiger charge is -2.22. The van der Waals surface area contributed by atoms with Gasteiger partial charge in [0, 0.05) is 12.4 Å². The van der Waals surface area contributed by atoms with Crippen LogP contribution in [-0.4, -0.2) is 32.3 Å². The monoisotopic (exact) mass is 255 g/mol. The number of carbonyl (C=O) groups is 1. The van der Waals surface area contributed by atoms with Crippen molar-refractivity contribution in [1.29, 1.82) is 0 Å². The second-order valence-corrected chi connectivity index (χ2v) is 4.93. The van der Waals surface area contributed by atoms with Gasteiger partial charge in [0.1, 0.15) is 10.6 Å². The molecule has 0 radical (unpaired) electrons. The summed E-state index contributed by atoms with van der Waals surface area (Å²) in [6.45, 7) is 1.80. The summed E-state index contributed by atoms with van der Waals surface area (Å²) < 4.78 is 0. The summed E-state index contributed by atoms with van der Waals surface area (Å²) in [5, 5.41) is 9.84. The van der Waals surface area contributed by atoms with Crippen molar-refractivity contribution in [1.82, 2.24) is 9.97 Å². The summed E-state index contributed by atoms with van der Waals surface area (Å²) >= 11 is 1.56. The molecule has 1 atom stereocenters. The van der Waals surface area contributed by atoms with Gasteiger partial charge in [-0.3, -0.25) is 9.78 Å². The molecule has 0 saturated heterocycles. The van der Waals surface area contributed by atoms with Crippen molar-refractivity contribution in [3.63, 3.8) is 0 Å². The zero-order valence-corrected chi connectivity index (χ0v) is 10.6. The maximum atomic E-state index is 11.0. The van der Waals surface area contributed by atoms with Crippen LogP contribution in [0.5, 0.6) is 0 Å². The van der Waals surface area contributed by atoms with E-state index in [0.29, 0.717) is 12.8 Å². The van der Waals surface area contributed by atoms with Gasteiger partial charge in [0.2, 0.25) is 0 Å². The Morgan fingerprint density at radius 1 is 1.59 bits per heavy atom. The highest BCUT2D eigenvalue weighted by Gasteiger charge is 2.30. The van der Waals surface area contributed by atoms with E-state index in [9.17, 15) is 4.79 Å². The molecule has 94 valence electrons. The average Bonchev–Trinajstić information content (AvgIpc) is 2.35. The number of nitrogens with two attached hydrogens (primary N) is 1. The van der Waals surface area contributed by atoms with E-state index in [-0.39, 0.29) is 0 Å². The van der Waals surface area contributed by atoms with E-state index in [2.05, 4.69) is 9.97 Å². The van der Waals surface area contributed by atoms with Crippen LogP contribution in [0.4, 0.5) is 0 Å². The lowest BCUT2D eigenvalue weighted by molar-refractivity contribution is -0.143. The van der Waals surface area contributed by atoms with Gasteiger partial charge in [0.05, 0.1) is 6.20 Å². The van der Waals surface area contributed by atoms with Gasteiger partial charge in [-0.25, -0.2) is 4.98 Å². The molecule has 1 aromatic heterocycles. The predicted molar refractivity (Wildman–Crippen MR) is 66.8 cm³/mol. The first-order chi connectivity index (χ1) is 8.08. The van der Waals surface area contributed by atoms with Crippen LogP contribution in [0.15, 0.2) is 23.6 Å². The molecule has 3 N–H and O–H groups in total. The van der Waals surface area contributed by atoms with Crippen molar-refractivity contribution in [3.05, 3.63) is 18.6 Å². The van der Waals surface area contributed by atoms with Gasteiger partial charge < -0.3 is 10.8 Å². The number of aliphatic carboxylic acids is 1. The predicted octanol–water partition coefficient (Wildman–Crippen LogP) is 1.54. The minimum atomic E-state index is -1.09. The molecule has 0 aromatic carbocycles. The summed E-state index contributed by atoms with van der Waals surface area (Å²) in [4.78, 5) is 19.0. The maximum Gasteiger partial charge on any atom is 0.323 e. The molecular weight excluding hydrogens is 238 g/mol. The Kier molecular flexibility index (Phi) is 5.37. The Morgan fingerprint density at radius 3 is 2.88 bits per heavy atom. The zero-order chi connectivity index (χ0) is 12.7. The molecule has 0 aliphatic carbocycles. The summed E-state index contributed by atoms with van der Waals surface area (Å²) in [5.41, 5.74) is 4.69. The highest BCUT2D eigenvalue weighted by atomic mass is 32.2. The Labute approximate surface area is 105 Å². The van der Waals surface area contributed by atoms with Crippen molar-refractivity contribution in [2.24, 2.45) is 5.73 Å². The molecule has 0 aliphatic rings. The quantitative estimate of drug-likeness (QED) is 0.567. The topological polar surface area (TPSA) is 89.1 Å². The molecule has 1 rings (SSSR count). The van der Waals surface area contributed by atoms with Crippen LogP contribution >= 0.6 is 11.8 Å². The SMILES string of the molecule is CCC(N)(CCCSc1cnccn1)C(=O)O. The van der Waals surface area contributed by atoms with Crippen LogP contribution in [0.25, 0.3) is 0 Å². The largest absolute Gasteiger partial charge is 0.480 e. The van der Waals surface area contributed by atoms with Gasteiger partial charge in [-0.2, -0.15) is 0 Å². The minimum Gasteiger partial charge on any atom is -0.480 e. The second kappa shape index (κ2) is 6.56. The average molecular weight is 255 g/mol. The number of thioether (sulfide) groups is 1. The smallest absolute Gasteiger partial charge is 0.323 e. The van der Waals surface area contributed by atoms with E-state index in [0.717, 1.165) is 17.2 Å². The van der Waals surface area contributed by atoms with Crippen LogP contribution in [0, 0.1) is 0 Å². The third-order valence-electron chi connectivity index (χ3n) is 2.61. The number of aromatic nitrogens is 2. The molecule has 0 fully saturated rings. The summed E-state index contributed by atoms with van der Waals surface area (Å²) in [6, 6.07) is 0. The Morgan fingerprint density at radius 2 is 2.35 bits per heavy atom. The van der Waals surface area contributed by atoms with Crippen LogP contribution in [0.1, 0.15) is 26.2 Å². The third kappa shape index (κ3) is 4.32. The van der Waals surface area contributed by atoms with Crippen molar-refractivity contribution in [2.45, 2.75) is 36.8 Å². The van der Waals surface area contributed by atoms with E-state index in [4.69, 9.17) is 10.8 Å². The first-order valence-corrected chi connectivity index (χ1v) is 6.48. The summed E-state index contributed by atoms with van der Waals surface area (Å²) in [7, 11) is 0. The van der Waals surface area contributed by atoms with E-state index < -0.39 is 11.5 Å². The molecule has 17 heavy (non-hydrogen) atoms. The number of carboxylic acid groups (broad SMARTS) is 1. The highest BCUT2D eigenvalue weighted by Crippen LogP contribution is 2.19. The van der Waals surface area contributed by atoms with Crippen LogP contribution in [0.3, 0.4) is 0 Å². The molecule has 1 unspecified atom stereocenters. The van der Waals surface area contributed by atoms with Crippen molar-refractivity contribution >= 4 is 17.7 Å². The lowest BCUT2D eigenvalue weighted by Crippen LogP contribution is -2.47. The number of rotatable bonds is 7. The molecule has 0 spiro atoms. The standard InChI is InChI=1S/C11H17N3O2S/c1-2-11(12,10(15)16)4-3-7-17-9-8-13-5-6-14-9/h5-6,8H,2-4,7,12H2,1H3,(H,15,16). The second-order valence-electron chi connectivity index (χ2n) is 3.81. The van der Waals surface area contributed by atoms with Gasteiger partial charge in [-0.05, 0) is 25.0 Å². The normalized spacial score (nSPS) is 14.2. The molecule has 0 amide bonds. The molecule has 6 heteroatoms. The molecule has 0 saturated carbocycles. The third-order valence-corrected chi connectivity index (χ3v) is 3.61. The fourth-order valence-corrected chi connectivity index (χ4v) is 2.13. The van der Waals surface area contributed by atoms with Gasteiger partial charge >= 0.3 is 5.97 Å². The first-order valence-electron chi connectivity index (χ1n) is 5.49. The van der Waals surface area contributed by atoms with Crippen LogP contribution in [0.2, 0.25) is 0 Å². The van der Waals surface area contributed by atoms with Crippen molar-refractivity contribution in [3.8, 4) is 0 Å². The highest BCUT2D eigenvalue weighted by molar-refractivity contribution is 7.99. The number of hydrogen-bond donors (Lipinski definition) is 2. The van der Waals surface area contributed by atoms with Crippen LogP contribution in [-0.2, 0) is 4.79 Å². The Bertz CT molecular complexity index is 361. The zero-order valence-electron chi connectivity index (χ0n) is 9.80. The fraction of sp³-hybridized carbons (Fsp3) is 0.545. The van der Waals surface area contributed by atoms with Gasteiger partial charge in [-0.1, -0.05) is 6.92 Å². The van der Waals surface area contributed by atoms with Crippen molar-refractivity contribution < 1.29 is 9.90 Å². The molecule has 0 aliphatic heterocycles. The molecule has 1 aromatic rings. The number of hydrogen-bond acceptors (Lipinski definition) is 5. The lowest BCUT2D eigenvalue weighted by atomic mass is 9.92. The number of nitrogens with zero attached hydrogens (tertiary/aromatic N) is 2.